The topological polar surface area (TPSA) is 32.7 Å². The van der Waals surface area contributed by atoms with Crippen molar-refractivity contribution in [2.45, 2.75) is 31.4 Å². The van der Waals surface area contributed by atoms with Crippen molar-refractivity contribution in [1.82, 2.24) is 4.90 Å². The molecule has 3 nitrogen and oxygen atoms in total. The zero-order valence-electron chi connectivity index (χ0n) is 10.7. The van der Waals surface area contributed by atoms with Crippen LogP contribution in [0, 0.1) is 0 Å². The van der Waals surface area contributed by atoms with Crippen LogP contribution in [0.15, 0.2) is 24.3 Å². The minimum Gasteiger partial charge on any atom is -0.395 e. The SMILES string of the molecule is OCCN1CCO[C@H]2c3ccccc3CCC[C@@H]21. The molecule has 1 aromatic carbocycles. The molecular formula is C15H21NO2. The van der Waals surface area contributed by atoms with Gasteiger partial charge < -0.3 is 9.84 Å². The van der Waals surface area contributed by atoms with Crippen LogP contribution >= 0.6 is 0 Å². The summed E-state index contributed by atoms with van der Waals surface area (Å²) in [5.41, 5.74) is 2.80. The lowest BCUT2D eigenvalue weighted by atomic mass is 9.96. The molecule has 0 spiro atoms. The minimum atomic E-state index is 0.198. The molecule has 1 aliphatic heterocycles. The van der Waals surface area contributed by atoms with Gasteiger partial charge in [-0.2, -0.15) is 0 Å². The van der Waals surface area contributed by atoms with E-state index in [-0.39, 0.29) is 12.7 Å². The third-order valence-electron chi connectivity index (χ3n) is 4.19. The molecule has 18 heavy (non-hydrogen) atoms. The highest BCUT2D eigenvalue weighted by molar-refractivity contribution is 5.32. The first-order valence-corrected chi connectivity index (χ1v) is 6.94. The lowest BCUT2D eigenvalue weighted by Gasteiger charge is -2.40. The molecule has 1 heterocycles. The van der Waals surface area contributed by atoms with Crippen molar-refractivity contribution in [1.29, 1.82) is 0 Å². The van der Waals surface area contributed by atoms with Crippen LogP contribution in [0.2, 0.25) is 0 Å². The number of aryl methyl sites for hydroxylation is 1. The maximum atomic E-state index is 9.19. The van der Waals surface area contributed by atoms with Crippen molar-refractivity contribution in [3.8, 4) is 0 Å². The van der Waals surface area contributed by atoms with Gasteiger partial charge in [-0.15, -0.1) is 0 Å². The fourth-order valence-corrected chi connectivity index (χ4v) is 3.34. The first kappa shape index (κ1) is 12.2. The van der Waals surface area contributed by atoms with Gasteiger partial charge in [-0.3, -0.25) is 4.90 Å². The van der Waals surface area contributed by atoms with Crippen LogP contribution in [0.4, 0.5) is 0 Å². The van der Waals surface area contributed by atoms with Crippen molar-refractivity contribution >= 4 is 0 Å². The molecular weight excluding hydrogens is 226 g/mol. The van der Waals surface area contributed by atoms with Gasteiger partial charge in [-0.1, -0.05) is 24.3 Å². The largest absolute Gasteiger partial charge is 0.395 e. The Hall–Kier alpha value is -0.900. The van der Waals surface area contributed by atoms with Crippen molar-refractivity contribution in [2.75, 3.05) is 26.3 Å². The standard InChI is InChI=1S/C15H21NO2/c17-10-8-16-9-11-18-15-13-6-2-1-4-12(13)5-3-7-14(15)16/h1-2,4,6,14-15,17H,3,5,7-11H2/t14-,15-/m0/s1. The number of nitrogens with zero attached hydrogens (tertiary/aromatic N) is 1. The maximum absolute atomic E-state index is 9.19. The third-order valence-corrected chi connectivity index (χ3v) is 4.19. The van der Waals surface area contributed by atoms with E-state index < -0.39 is 0 Å². The van der Waals surface area contributed by atoms with E-state index in [9.17, 15) is 5.11 Å². The second-order valence-electron chi connectivity index (χ2n) is 5.21. The van der Waals surface area contributed by atoms with Gasteiger partial charge in [-0.25, -0.2) is 0 Å². The van der Waals surface area contributed by atoms with Gasteiger partial charge in [0, 0.05) is 19.1 Å². The summed E-state index contributed by atoms with van der Waals surface area (Å²) in [6.45, 7) is 2.73. The van der Waals surface area contributed by atoms with E-state index >= 15 is 0 Å². The molecule has 3 rings (SSSR count). The van der Waals surface area contributed by atoms with Crippen LogP contribution in [0.1, 0.15) is 30.1 Å². The van der Waals surface area contributed by atoms with E-state index in [1.54, 1.807) is 0 Å². The summed E-state index contributed by atoms with van der Waals surface area (Å²) in [6.07, 6.45) is 3.73. The third kappa shape index (κ3) is 2.18. The molecule has 3 heteroatoms. The lowest BCUT2D eigenvalue weighted by molar-refractivity contribution is -0.0780. The van der Waals surface area contributed by atoms with E-state index in [0.29, 0.717) is 6.04 Å². The van der Waals surface area contributed by atoms with Crippen molar-refractivity contribution < 1.29 is 9.84 Å². The summed E-state index contributed by atoms with van der Waals surface area (Å²) in [4.78, 5) is 2.40. The number of fused-ring (bicyclic) bond motifs is 3. The second kappa shape index (κ2) is 5.39. The number of hydrogen-bond acceptors (Lipinski definition) is 3. The lowest BCUT2D eigenvalue weighted by Crippen LogP contribution is -2.47. The van der Waals surface area contributed by atoms with E-state index in [2.05, 4.69) is 29.2 Å². The number of ether oxygens (including phenoxy) is 1. The number of hydrogen-bond donors (Lipinski definition) is 1. The van der Waals surface area contributed by atoms with Crippen LogP contribution in [0.25, 0.3) is 0 Å². The van der Waals surface area contributed by atoms with Crippen LogP contribution in [0.3, 0.4) is 0 Å². The summed E-state index contributed by atoms with van der Waals surface area (Å²) in [7, 11) is 0. The fraction of sp³-hybridized carbons (Fsp3) is 0.600. The quantitative estimate of drug-likeness (QED) is 0.864. The molecule has 0 unspecified atom stereocenters. The van der Waals surface area contributed by atoms with Gasteiger partial charge >= 0.3 is 0 Å². The number of benzene rings is 1. The molecule has 1 aromatic rings. The normalized spacial score (nSPS) is 28.3. The molecule has 0 radical (unpaired) electrons. The molecule has 1 N–H and O–H groups in total. The highest BCUT2D eigenvalue weighted by Crippen LogP contribution is 2.36. The van der Waals surface area contributed by atoms with Crippen LogP contribution in [-0.2, 0) is 11.2 Å². The maximum Gasteiger partial charge on any atom is 0.0983 e. The smallest absolute Gasteiger partial charge is 0.0983 e. The predicted molar refractivity (Wildman–Crippen MR) is 70.5 cm³/mol. The van der Waals surface area contributed by atoms with Gasteiger partial charge in [0.25, 0.3) is 0 Å². The number of aliphatic hydroxyl groups excluding tert-OH is 1. The minimum absolute atomic E-state index is 0.198. The number of β-amino-alcohol motifs (C(OH)–C–C–N with tert-alkyl or cyclic N) is 1. The number of morpholine rings is 1. The Labute approximate surface area is 108 Å². The molecule has 0 bridgehead atoms. The highest BCUT2D eigenvalue weighted by atomic mass is 16.5. The Bertz CT molecular complexity index is 405. The van der Waals surface area contributed by atoms with Gasteiger partial charge in [0.15, 0.2) is 0 Å². The molecule has 2 atom stereocenters. The molecule has 98 valence electrons. The highest BCUT2D eigenvalue weighted by Gasteiger charge is 2.35. The summed E-state index contributed by atoms with van der Waals surface area (Å²) in [5, 5.41) is 9.19. The first-order valence-electron chi connectivity index (χ1n) is 6.94. The monoisotopic (exact) mass is 247 g/mol. The summed E-state index contributed by atoms with van der Waals surface area (Å²) < 4.78 is 6.04. The Morgan fingerprint density at radius 2 is 2.22 bits per heavy atom. The molecule has 1 saturated heterocycles. The molecule has 0 saturated carbocycles. The summed E-state index contributed by atoms with van der Waals surface area (Å²) >= 11 is 0. The molecule has 2 aliphatic rings. The fourth-order valence-electron chi connectivity index (χ4n) is 3.34. The summed E-state index contributed by atoms with van der Waals surface area (Å²) in [5.74, 6) is 0. The number of aliphatic hydroxyl groups is 1. The zero-order chi connectivity index (χ0) is 12.4. The van der Waals surface area contributed by atoms with Crippen molar-refractivity contribution in [3.05, 3.63) is 35.4 Å². The Kier molecular flexibility index (Phi) is 3.64. The number of rotatable bonds is 2. The van der Waals surface area contributed by atoms with Crippen LogP contribution in [-0.4, -0.2) is 42.4 Å². The van der Waals surface area contributed by atoms with Crippen LogP contribution < -0.4 is 0 Å². The van der Waals surface area contributed by atoms with Gasteiger partial charge in [-0.05, 0) is 30.4 Å². The van der Waals surface area contributed by atoms with E-state index in [1.807, 2.05) is 0 Å². The van der Waals surface area contributed by atoms with Gasteiger partial charge in [0.1, 0.15) is 0 Å². The molecule has 0 amide bonds. The van der Waals surface area contributed by atoms with E-state index in [0.717, 1.165) is 26.1 Å². The Morgan fingerprint density at radius 1 is 1.33 bits per heavy atom. The molecule has 1 fully saturated rings. The average Bonchev–Trinajstić information content (AvgIpc) is 2.59. The van der Waals surface area contributed by atoms with Gasteiger partial charge in [0.05, 0.1) is 19.3 Å². The average molecular weight is 247 g/mol. The predicted octanol–water partition coefficient (Wildman–Crippen LogP) is 1.76. The molecule has 1 aliphatic carbocycles. The molecule has 0 aromatic heterocycles. The van der Waals surface area contributed by atoms with Crippen molar-refractivity contribution in [2.24, 2.45) is 0 Å². The first-order chi connectivity index (χ1) is 8.90. The Morgan fingerprint density at radius 3 is 3.11 bits per heavy atom. The van der Waals surface area contributed by atoms with Crippen molar-refractivity contribution in [3.63, 3.8) is 0 Å². The second-order valence-corrected chi connectivity index (χ2v) is 5.21. The zero-order valence-corrected chi connectivity index (χ0v) is 10.7. The Balaban J connectivity index is 1.91. The van der Waals surface area contributed by atoms with E-state index in [1.165, 1.54) is 24.0 Å². The summed E-state index contributed by atoms with van der Waals surface area (Å²) in [6, 6.07) is 9.10. The van der Waals surface area contributed by atoms with Gasteiger partial charge in [0.2, 0.25) is 0 Å². The van der Waals surface area contributed by atoms with E-state index in [4.69, 9.17) is 4.74 Å². The van der Waals surface area contributed by atoms with Crippen LogP contribution in [0.5, 0.6) is 0 Å².